The third kappa shape index (κ3) is 6.04. The van der Waals surface area contributed by atoms with Gasteiger partial charge in [-0.2, -0.15) is 9.46 Å². The van der Waals surface area contributed by atoms with E-state index in [9.17, 15) is 10.4 Å². The standard InChI is InChI=1S/2C5H5NO.CH4/c2*7-6-4-2-1-3-5-6;/h2*1-5H;1H4. The lowest BCUT2D eigenvalue weighted by Crippen LogP contribution is -2.22. The van der Waals surface area contributed by atoms with Crippen molar-refractivity contribution in [2.24, 2.45) is 0 Å². The fourth-order valence-electron chi connectivity index (χ4n) is 0.766. The minimum atomic E-state index is 0. The monoisotopic (exact) mass is 206 g/mol. The molecule has 0 saturated heterocycles. The number of pyridine rings is 2. The Morgan fingerprint density at radius 1 is 0.533 bits per heavy atom. The third-order valence-electron chi connectivity index (χ3n) is 1.38. The van der Waals surface area contributed by atoms with E-state index in [2.05, 4.69) is 0 Å². The zero-order chi connectivity index (χ0) is 10.2. The minimum Gasteiger partial charge on any atom is -0.619 e. The van der Waals surface area contributed by atoms with Crippen LogP contribution in [0, 0.1) is 10.4 Å². The fourth-order valence-corrected chi connectivity index (χ4v) is 0.766. The summed E-state index contributed by atoms with van der Waals surface area (Å²) in [6.07, 6.45) is 5.78. The molecule has 0 aliphatic heterocycles. The average Bonchev–Trinajstić information content (AvgIpc) is 2.21. The molecule has 15 heavy (non-hydrogen) atoms. The highest BCUT2D eigenvalue weighted by molar-refractivity contribution is 4.84. The highest BCUT2D eigenvalue weighted by Gasteiger charge is 1.75. The number of nitrogens with zero attached hydrogens (tertiary/aromatic N) is 2. The second-order valence-corrected chi connectivity index (χ2v) is 2.47. The van der Waals surface area contributed by atoms with Crippen LogP contribution in [0.3, 0.4) is 0 Å². The maximum atomic E-state index is 10.2. The SMILES string of the molecule is C.[O-][n+]1ccccc1.[O-][n+]1ccccc1. The van der Waals surface area contributed by atoms with Crippen LogP contribution in [0.4, 0.5) is 0 Å². The first-order valence-electron chi connectivity index (χ1n) is 4.06. The van der Waals surface area contributed by atoms with E-state index in [-0.39, 0.29) is 7.43 Å². The lowest BCUT2D eigenvalue weighted by Gasteiger charge is -1.88. The molecule has 0 radical (unpaired) electrons. The summed E-state index contributed by atoms with van der Waals surface area (Å²) in [5.74, 6) is 0. The molecule has 0 unspecified atom stereocenters. The number of rotatable bonds is 0. The van der Waals surface area contributed by atoms with E-state index in [1.165, 1.54) is 24.8 Å². The highest BCUT2D eigenvalue weighted by atomic mass is 16.5. The molecule has 0 atom stereocenters. The minimum absolute atomic E-state index is 0. The van der Waals surface area contributed by atoms with Gasteiger partial charge in [0.1, 0.15) is 0 Å². The maximum Gasteiger partial charge on any atom is 0.180 e. The van der Waals surface area contributed by atoms with Crippen LogP contribution < -0.4 is 9.46 Å². The van der Waals surface area contributed by atoms with Gasteiger partial charge in [-0.3, -0.25) is 0 Å². The lowest BCUT2D eigenvalue weighted by molar-refractivity contribution is -0.605. The van der Waals surface area contributed by atoms with Gasteiger partial charge in [0.15, 0.2) is 24.8 Å². The van der Waals surface area contributed by atoms with E-state index in [4.69, 9.17) is 0 Å². The van der Waals surface area contributed by atoms with Crippen LogP contribution in [-0.4, -0.2) is 0 Å². The summed E-state index contributed by atoms with van der Waals surface area (Å²) in [6, 6.07) is 10.4. The molecule has 0 aromatic carbocycles. The molecule has 80 valence electrons. The maximum absolute atomic E-state index is 10.2. The van der Waals surface area contributed by atoms with Crippen LogP contribution in [-0.2, 0) is 0 Å². The Morgan fingerprint density at radius 3 is 0.933 bits per heavy atom. The Labute approximate surface area is 89.2 Å². The van der Waals surface area contributed by atoms with Crippen molar-refractivity contribution >= 4 is 0 Å². The molecule has 0 aliphatic carbocycles. The van der Waals surface area contributed by atoms with Gasteiger partial charge in [-0.1, -0.05) is 19.6 Å². The molecule has 0 fully saturated rings. The van der Waals surface area contributed by atoms with Gasteiger partial charge in [0.2, 0.25) is 0 Å². The van der Waals surface area contributed by atoms with Gasteiger partial charge in [0.05, 0.1) is 0 Å². The van der Waals surface area contributed by atoms with Crippen molar-refractivity contribution in [2.75, 3.05) is 0 Å². The van der Waals surface area contributed by atoms with Crippen molar-refractivity contribution in [1.82, 2.24) is 0 Å². The van der Waals surface area contributed by atoms with Crippen LogP contribution in [0.1, 0.15) is 7.43 Å². The molecular weight excluding hydrogens is 192 g/mol. The predicted octanol–water partition coefficient (Wildman–Crippen LogP) is 1.28. The fraction of sp³-hybridized carbons (Fsp3) is 0.0909. The van der Waals surface area contributed by atoms with Gasteiger partial charge in [-0.25, -0.2) is 0 Å². The first-order chi connectivity index (χ1) is 6.79. The van der Waals surface area contributed by atoms with E-state index in [1.54, 1.807) is 36.4 Å². The molecule has 2 rings (SSSR count). The van der Waals surface area contributed by atoms with E-state index >= 15 is 0 Å². The van der Waals surface area contributed by atoms with Crippen molar-refractivity contribution in [1.29, 1.82) is 0 Å². The number of aromatic nitrogens is 2. The average molecular weight is 206 g/mol. The number of hydrogen-bond acceptors (Lipinski definition) is 2. The normalized spacial score (nSPS) is 8.00. The molecule has 4 heteroatoms. The van der Waals surface area contributed by atoms with Crippen molar-refractivity contribution in [3.8, 4) is 0 Å². The zero-order valence-corrected chi connectivity index (χ0v) is 7.48. The molecule has 2 heterocycles. The Morgan fingerprint density at radius 2 is 0.800 bits per heavy atom. The topological polar surface area (TPSA) is 53.9 Å². The van der Waals surface area contributed by atoms with E-state index < -0.39 is 0 Å². The summed E-state index contributed by atoms with van der Waals surface area (Å²) in [5, 5.41) is 20.4. The van der Waals surface area contributed by atoms with E-state index in [1.807, 2.05) is 0 Å². The smallest absolute Gasteiger partial charge is 0.180 e. The Balaban J connectivity index is 0.000000245. The summed E-state index contributed by atoms with van der Waals surface area (Å²) in [4.78, 5) is 0. The summed E-state index contributed by atoms with van der Waals surface area (Å²) >= 11 is 0. The zero-order valence-electron chi connectivity index (χ0n) is 7.48. The van der Waals surface area contributed by atoms with E-state index in [0.29, 0.717) is 0 Å². The molecule has 0 bridgehead atoms. The molecule has 0 spiro atoms. The Hall–Kier alpha value is -2.10. The molecule has 2 aromatic heterocycles. The molecule has 4 nitrogen and oxygen atoms in total. The van der Waals surface area contributed by atoms with Gasteiger partial charge < -0.3 is 10.4 Å². The largest absolute Gasteiger partial charge is 0.619 e. The van der Waals surface area contributed by atoms with Crippen LogP contribution in [0.2, 0.25) is 0 Å². The van der Waals surface area contributed by atoms with Gasteiger partial charge in [-0.05, 0) is 0 Å². The second-order valence-electron chi connectivity index (χ2n) is 2.47. The van der Waals surface area contributed by atoms with Crippen molar-refractivity contribution in [3.05, 3.63) is 71.6 Å². The Bertz CT molecular complexity index is 314. The second kappa shape index (κ2) is 7.32. The van der Waals surface area contributed by atoms with Crippen molar-refractivity contribution < 1.29 is 9.46 Å². The van der Waals surface area contributed by atoms with Gasteiger partial charge >= 0.3 is 0 Å². The Kier molecular flexibility index (Phi) is 6.29. The van der Waals surface area contributed by atoms with Gasteiger partial charge in [-0.15, -0.1) is 0 Å². The van der Waals surface area contributed by atoms with E-state index in [0.717, 1.165) is 9.46 Å². The van der Waals surface area contributed by atoms with Crippen LogP contribution in [0.15, 0.2) is 61.2 Å². The third-order valence-corrected chi connectivity index (χ3v) is 1.38. The summed E-state index contributed by atoms with van der Waals surface area (Å²) in [6.45, 7) is 0. The first-order valence-corrected chi connectivity index (χ1v) is 4.06. The summed E-state index contributed by atoms with van der Waals surface area (Å²) in [5.41, 5.74) is 0. The van der Waals surface area contributed by atoms with Gasteiger partial charge in [0, 0.05) is 24.3 Å². The molecule has 0 saturated carbocycles. The quantitative estimate of drug-likeness (QED) is 0.481. The molecule has 0 N–H and O–H groups in total. The predicted molar refractivity (Wildman–Crippen MR) is 57.5 cm³/mol. The van der Waals surface area contributed by atoms with Crippen LogP contribution in [0.25, 0.3) is 0 Å². The lowest BCUT2D eigenvalue weighted by atomic mass is 10.5. The molecule has 0 aliphatic rings. The molecular formula is C11H14N2O2. The number of hydrogen-bond donors (Lipinski definition) is 0. The summed E-state index contributed by atoms with van der Waals surface area (Å²) < 4.78 is 1.50. The van der Waals surface area contributed by atoms with Crippen LogP contribution in [0.5, 0.6) is 0 Å². The first kappa shape index (κ1) is 12.9. The van der Waals surface area contributed by atoms with Crippen molar-refractivity contribution in [3.63, 3.8) is 0 Å². The molecule has 2 aromatic rings. The van der Waals surface area contributed by atoms with Crippen molar-refractivity contribution in [2.45, 2.75) is 7.43 Å². The highest BCUT2D eigenvalue weighted by Crippen LogP contribution is 1.72. The van der Waals surface area contributed by atoms with Gasteiger partial charge in [0.25, 0.3) is 0 Å². The molecule has 0 amide bonds. The summed E-state index contributed by atoms with van der Waals surface area (Å²) in [7, 11) is 0. The van der Waals surface area contributed by atoms with Crippen LogP contribution >= 0.6 is 0 Å².